The number of H-pyrrole nitrogens is 1. The Labute approximate surface area is 218 Å². The van der Waals surface area contributed by atoms with Crippen molar-refractivity contribution in [2.24, 2.45) is 13.0 Å². The SMILES string of the molecule is CCCc1nn(C)c2c(=O)[nH]c(-c3cc(CN4CCC(Cc5ccccc5)CC4)ccc3OCC)nc12. The van der Waals surface area contributed by atoms with E-state index >= 15 is 0 Å². The van der Waals surface area contributed by atoms with E-state index in [1.54, 1.807) is 11.7 Å². The van der Waals surface area contributed by atoms with Crippen molar-refractivity contribution in [3.05, 3.63) is 75.7 Å². The zero-order valence-electron chi connectivity index (χ0n) is 22.2. The van der Waals surface area contributed by atoms with Crippen LogP contribution in [0.15, 0.2) is 53.3 Å². The number of benzene rings is 2. The van der Waals surface area contributed by atoms with E-state index in [9.17, 15) is 4.79 Å². The molecule has 1 saturated heterocycles. The summed E-state index contributed by atoms with van der Waals surface area (Å²) >= 11 is 0. The minimum atomic E-state index is -0.175. The second-order valence-corrected chi connectivity index (χ2v) is 10.1. The number of likely N-dealkylation sites (tertiary alicyclic amines) is 1. The van der Waals surface area contributed by atoms with Crippen molar-refractivity contribution in [1.29, 1.82) is 0 Å². The predicted octanol–water partition coefficient (Wildman–Crippen LogP) is 5.13. The van der Waals surface area contributed by atoms with E-state index in [1.165, 1.54) is 24.0 Å². The average molecular weight is 500 g/mol. The summed E-state index contributed by atoms with van der Waals surface area (Å²) in [4.78, 5) is 23.5. The van der Waals surface area contributed by atoms with Crippen LogP contribution >= 0.6 is 0 Å². The van der Waals surface area contributed by atoms with Crippen LogP contribution in [-0.2, 0) is 26.4 Å². The van der Waals surface area contributed by atoms with Crippen molar-refractivity contribution in [3.63, 3.8) is 0 Å². The third-order valence-electron chi connectivity index (χ3n) is 7.33. The Kier molecular flexibility index (Phi) is 7.70. The second kappa shape index (κ2) is 11.3. The molecule has 4 aromatic rings. The van der Waals surface area contributed by atoms with Crippen LogP contribution in [0, 0.1) is 5.92 Å². The number of aromatic amines is 1. The van der Waals surface area contributed by atoms with Crippen LogP contribution < -0.4 is 10.3 Å². The Morgan fingerprint density at radius 2 is 1.84 bits per heavy atom. The number of hydrogen-bond acceptors (Lipinski definition) is 5. The van der Waals surface area contributed by atoms with Gasteiger partial charge in [0.1, 0.15) is 17.1 Å². The summed E-state index contributed by atoms with van der Waals surface area (Å²) < 4.78 is 7.58. The molecular formula is C30H37N5O2. The quantitative estimate of drug-likeness (QED) is 0.346. The van der Waals surface area contributed by atoms with Crippen molar-refractivity contribution < 1.29 is 4.74 Å². The predicted molar refractivity (Wildman–Crippen MR) is 148 cm³/mol. The Balaban J connectivity index is 1.37. The number of aromatic nitrogens is 4. The Bertz CT molecular complexity index is 1400. The lowest BCUT2D eigenvalue weighted by Gasteiger charge is -2.32. The van der Waals surface area contributed by atoms with Crippen molar-refractivity contribution >= 4 is 11.0 Å². The van der Waals surface area contributed by atoms with Gasteiger partial charge in [0.2, 0.25) is 0 Å². The van der Waals surface area contributed by atoms with Gasteiger partial charge in [-0.15, -0.1) is 0 Å². The monoisotopic (exact) mass is 499 g/mol. The van der Waals surface area contributed by atoms with Gasteiger partial charge in [-0.2, -0.15) is 5.10 Å². The van der Waals surface area contributed by atoms with Crippen molar-refractivity contribution in [2.45, 2.75) is 52.5 Å². The molecule has 0 spiro atoms. The smallest absolute Gasteiger partial charge is 0.277 e. The molecule has 1 N–H and O–H groups in total. The summed E-state index contributed by atoms with van der Waals surface area (Å²) in [7, 11) is 1.80. The molecule has 7 heteroatoms. The molecule has 0 amide bonds. The van der Waals surface area contributed by atoms with Gasteiger partial charge in [-0.3, -0.25) is 14.4 Å². The zero-order chi connectivity index (χ0) is 25.8. The molecule has 0 saturated carbocycles. The van der Waals surface area contributed by atoms with E-state index in [0.29, 0.717) is 23.5 Å². The van der Waals surface area contributed by atoms with E-state index in [-0.39, 0.29) is 5.56 Å². The molecule has 0 radical (unpaired) electrons. The molecule has 1 aliphatic heterocycles. The molecule has 0 atom stereocenters. The molecule has 194 valence electrons. The maximum atomic E-state index is 13.0. The molecule has 3 heterocycles. The molecule has 1 fully saturated rings. The number of aryl methyl sites for hydroxylation is 2. The standard InChI is InChI=1S/C30H37N5O2/c1-4-9-25-27-28(34(3)33-25)30(36)32-29(31-27)24-19-23(12-13-26(24)37-5-2)20-35-16-14-22(15-17-35)18-21-10-7-6-8-11-21/h6-8,10-13,19,22H,4-5,9,14-18,20H2,1-3H3,(H,31,32,36). The van der Waals surface area contributed by atoms with Gasteiger partial charge in [0, 0.05) is 13.6 Å². The first-order valence-corrected chi connectivity index (χ1v) is 13.5. The normalized spacial score (nSPS) is 14.9. The van der Waals surface area contributed by atoms with Crippen LogP contribution in [0.25, 0.3) is 22.4 Å². The van der Waals surface area contributed by atoms with Gasteiger partial charge in [0.05, 0.1) is 17.9 Å². The minimum absolute atomic E-state index is 0.175. The minimum Gasteiger partial charge on any atom is -0.493 e. The Hall–Kier alpha value is -3.45. The summed E-state index contributed by atoms with van der Waals surface area (Å²) in [5.74, 6) is 2.01. The summed E-state index contributed by atoms with van der Waals surface area (Å²) in [5, 5.41) is 4.56. The average Bonchev–Trinajstić information content (AvgIpc) is 3.22. The van der Waals surface area contributed by atoms with Gasteiger partial charge in [0.25, 0.3) is 5.56 Å². The molecule has 0 bridgehead atoms. The molecule has 5 rings (SSSR count). The van der Waals surface area contributed by atoms with Crippen LogP contribution in [0.2, 0.25) is 0 Å². The first-order valence-electron chi connectivity index (χ1n) is 13.5. The Morgan fingerprint density at radius 1 is 1.05 bits per heavy atom. The molecule has 0 aliphatic carbocycles. The van der Waals surface area contributed by atoms with Crippen LogP contribution in [-0.4, -0.2) is 44.3 Å². The van der Waals surface area contributed by atoms with Crippen LogP contribution in [0.3, 0.4) is 0 Å². The number of nitrogens with zero attached hydrogens (tertiary/aromatic N) is 4. The topological polar surface area (TPSA) is 76.0 Å². The maximum Gasteiger partial charge on any atom is 0.277 e. The fraction of sp³-hybridized carbons (Fsp3) is 0.433. The van der Waals surface area contributed by atoms with E-state index in [2.05, 4.69) is 64.4 Å². The van der Waals surface area contributed by atoms with Gasteiger partial charge in [0.15, 0.2) is 5.52 Å². The lowest BCUT2D eigenvalue weighted by Crippen LogP contribution is -2.33. The molecule has 1 aliphatic rings. The highest BCUT2D eigenvalue weighted by molar-refractivity contribution is 5.79. The van der Waals surface area contributed by atoms with Gasteiger partial charge in [-0.05, 0) is 74.9 Å². The number of hydrogen-bond donors (Lipinski definition) is 1. The van der Waals surface area contributed by atoms with Gasteiger partial charge in [-0.1, -0.05) is 49.7 Å². The van der Waals surface area contributed by atoms with Crippen LogP contribution in [0.4, 0.5) is 0 Å². The maximum absolute atomic E-state index is 13.0. The highest BCUT2D eigenvalue weighted by Gasteiger charge is 2.21. The van der Waals surface area contributed by atoms with E-state index < -0.39 is 0 Å². The van der Waals surface area contributed by atoms with E-state index in [4.69, 9.17) is 9.72 Å². The third-order valence-corrected chi connectivity index (χ3v) is 7.33. The first-order chi connectivity index (χ1) is 18.1. The summed E-state index contributed by atoms with van der Waals surface area (Å²) in [6.45, 7) is 7.68. The van der Waals surface area contributed by atoms with E-state index in [0.717, 1.165) is 61.8 Å². The van der Waals surface area contributed by atoms with Crippen molar-refractivity contribution in [3.8, 4) is 17.1 Å². The highest BCUT2D eigenvalue weighted by Crippen LogP contribution is 2.31. The number of ether oxygens (including phenoxy) is 1. The molecule has 2 aromatic heterocycles. The lowest BCUT2D eigenvalue weighted by molar-refractivity contribution is 0.177. The first kappa shape index (κ1) is 25.2. The number of nitrogens with one attached hydrogen (secondary N) is 1. The number of piperidine rings is 1. The summed E-state index contributed by atoms with van der Waals surface area (Å²) in [6.07, 6.45) is 5.32. The summed E-state index contributed by atoms with van der Waals surface area (Å²) in [6, 6.07) is 17.1. The van der Waals surface area contributed by atoms with E-state index in [1.807, 2.05) is 13.0 Å². The largest absolute Gasteiger partial charge is 0.493 e. The second-order valence-electron chi connectivity index (χ2n) is 10.1. The number of fused-ring (bicyclic) bond motifs is 1. The fourth-order valence-electron chi connectivity index (χ4n) is 5.48. The molecule has 0 unspecified atom stereocenters. The molecule has 2 aromatic carbocycles. The lowest BCUT2D eigenvalue weighted by atomic mass is 9.90. The fourth-order valence-corrected chi connectivity index (χ4v) is 5.48. The van der Waals surface area contributed by atoms with Gasteiger partial charge < -0.3 is 9.72 Å². The number of rotatable bonds is 9. The van der Waals surface area contributed by atoms with Gasteiger partial charge >= 0.3 is 0 Å². The van der Waals surface area contributed by atoms with Crippen molar-refractivity contribution in [1.82, 2.24) is 24.6 Å². The van der Waals surface area contributed by atoms with Crippen molar-refractivity contribution in [2.75, 3.05) is 19.7 Å². The Morgan fingerprint density at radius 3 is 2.57 bits per heavy atom. The zero-order valence-corrected chi connectivity index (χ0v) is 22.2. The summed E-state index contributed by atoms with van der Waals surface area (Å²) in [5.41, 5.74) is 5.33. The van der Waals surface area contributed by atoms with Crippen LogP contribution in [0.1, 0.15) is 49.9 Å². The highest BCUT2D eigenvalue weighted by atomic mass is 16.5. The van der Waals surface area contributed by atoms with Crippen LogP contribution in [0.5, 0.6) is 5.75 Å². The molecular weight excluding hydrogens is 462 g/mol. The molecule has 37 heavy (non-hydrogen) atoms. The third kappa shape index (κ3) is 5.62. The molecule has 7 nitrogen and oxygen atoms in total. The van der Waals surface area contributed by atoms with Gasteiger partial charge in [-0.25, -0.2) is 4.98 Å².